The van der Waals surface area contributed by atoms with Gasteiger partial charge in [0, 0.05) is 23.2 Å². The molecule has 0 saturated carbocycles. The Balaban J connectivity index is 1.82. The summed E-state index contributed by atoms with van der Waals surface area (Å²) in [5.41, 5.74) is 0.581. The molecule has 0 atom stereocenters. The Bertz CT molecular complexity index is 513. The molecule has 1 heterocycles. The van der Waals surface area contributed by atoms with Gasteiger partial charge < -0.3 is 10.0 Å². The van der Waals surface area contributed by atoms with Crippen LogP contribution in [0.5, 0.6) is 0 Å². The number of nitrogens with zero attached hydrogens (tertiary/aromatic N) is 2. The molecule has 1 aromatic rings. The fourth-order valence-corrected chi connectivity index (χ4v) is 3.48. The molecular formula is C17H24ClFN2O2. The highest BCUT2D eigenvalue weighted by atomic mass is 35.5. The van der Waals surface area contributed by atoms with E-state index >= 15 is 0 Å². The topological polar surface area (TPSA) is 43.8 Å². The van der Waals surface area contributed by atoms with Crippen molar-refractivity contribution in [2.75, 3.05) is 32.7 Å². The fraction of sp³-hybridized carbons (Fsp3) is 0.588. The van der Waals surface area contributed by atoms with Crippen LogP contribution in [0, 0.1) is 5.82 Å². The van der Waals surface area contributed by atoms with Crippen LogP contribution in [-0.2, 0) is 11.2 Å². The molecule has 0 unspecified atom stereocenters. The predicted octanol–water partition coefficient (Wildman–Crippen LogP) is 2.89. The number of aliphatic carboxylic acids is 1. The van der Waals surface area contributed by atoms with Crippen LogP contribution in [0.1, 0.15) is 25.3 Å². The monoisotopic (exact) mass is 342 g/mol. The second-order valence-corrected chi connectivity index (χ2v) is 6.39. The van der Waals surface area contributed by atoms with Crippen molar-refractivity contribution in [3.05, 3.63) is 34.6 Å². The first-order chi connectivity index (χ1) is 11.0. The van der Waals surface area contributed by atoms with Gasteiger partial charge in [-0.2, -0.15) is 0 Å². The molecule has 0 spiro atoms. The van der Waals surface area contributed by atoms with E-state index in [1.807, 2.05) is 11.8 Å². The number of benzene rings is 1. The first-order valence-corrected chi connectivity index (χ1v) is 8.50. The highest BCUT2D eigenvalue weighted by Crippen LogP contribution is 2.21. The second-order valence-electron chi connectivity index (χ2n) is 5.98. The first kappa shape index (κ1) is 18.2. The van der Waals surface area contributed by atoms with E-state index < -0.39 is 5.97 Å². The highest BCUT2D eigenvalue weighted by Gasteiger charge is 2.25. The van der Waals surface area contributed by atoms with Crippen molar-refractivity contribution in [1.29, 1.82) is 0 Å². The van der Waals surface area contributed by atoms with Gasteiger partial charge in [0.05, 0.1) is 6.54 Å². The summed E-state index contributed by atoms with van der Waals surface area (Å²) in [6.07, 6.45) is 2.50. The molecule has 4 nitrogen and oxygen atoms in total. The molecular weight excluding hydrogens is 319 g/mol. The Morgan fingerprint density at radius 2 is 2.13 bits per heavy atom. The Morgan fingerprint density at radius 3 is 2.70 bits per heavy atom. The zero-order valence-electron chi connectivity index (χ0n) is 13.5. The lowest BCUT2D eigenvalue weighted by atomic mass is 10.0. The number of carboxylic acid groups (broad SMARTS) is 1. The number of likely N-dealkylation sites (tertiary alicyclic amines) is 1. The second kappa shape index (κ2) is 8.62. The van der Waals surface area contributed by atoms with Gasteiger partial charge in [-0.15, -0.1) is 0 Å². The Hall–Kier alpha value is -1.17. The predicted molar refractivity (Wildman–Crippen MR) is 89.5 cm³/mol. The number of hydrogen-bond donors (Lipinski definition) is 1. The summed E-state index contributed by atoms with van der Waals surface area (Å²) in [4.78, 5) is 15.2. The molecule has 2 rings (SSSR count). The number of carboxylic acids is 1. The average molecular weight is 343 g/mol. The van der Waals surface area contributed by atoms with E-state index in [1.165, 1.54) is 6.07 Å². The van der Waals surface area contributed by atoms with Gasteiger partial charge in [-0.25, -0.2) is 4.39 Å². The molecule has 23 heavy (non-hydrogen) atoms. The molecule has 1 saturated heterocycles. The minimum Gasteiger partial charge on any atom is -0.480 e. The normalized spacial score (nSPS) is 16.9. The van der Waals surface area contributed by atoms with E-state index in [-0.39, 0.29) is 12.4 Å². The summed E-state index contributed by atoms with van der Waals surface area (Å²) in [5.74, 6) is -1.02. The molecule has 1 aromatic carbocycles. The number of rotatable bonds is 7. The zero-order valence-corrected chi connectivity index (χ0v) is 14.2. The largest absolute Gasteiger partial charge is 0.480 e. The molecule has 1 fully saturated rings. The fourth-order valence-electron chi connectivity index (χ4n) is 3.22. The van der Waals surface area contributed by atoms with Crippen LogP contribution in [0.4, 0.5) is 4.39 Å². The van der Waals surface area contributed by atoms with Gasteiger partial charge in [-0.1, -0.05) is 24.6 Å². The third-order valence-corrected chi connectivity index (χ3v) is 4.91. The van der Waals surface area contributed by atoms with E-state index in [1.54, 1.807) is 12.1 Å². The highest BCUT2D eigenvalue weighted by molar-refractivity contribution is 6.31. The number of hydrogen-bond acceptors (Lipinski definition) is 3. The summed E-state index contributed by atoms with van der Waals surface area (Å²) < 4.78 is 13.8. The van der Waals surface area contributed by atoms with Crippen LogP contribution in [0.2, 0.25) is 5.02 Å². The average Bonchev–Trinajstić information content (AvgIpc) is 2.52. The minimum absolute atomic E-state index is 0.103. The quantitative estimate of drug-likeness (QED) is 0.827. The van der Waals surface area contributed by atoms with Gasteiger partial charge in [0.2, 0.25) is 0 Å². The van der Waals surface area contributed by atoms with Crippen molar-refractivity contribution < 1.29 is 14.3 Å². The van der Waals surface area contributed by atoms with E-state index in [2.05, 4.69) is 4.90 Å². The minimum atomic E-state index is -0.775. The summed E-state index contributed by atoms with van der Waals surface area (Å²) in [6.45, 7) is 5.45. The molecule has 0 radical (unpaired) electrons. The third-order valence-electron chi connectivity index (χ3n) is 4.56. The Kier molecular flexibility index (Phi) is 6.81. The Labute approximate surface area is 141 Å². The van der Waals surface area contributed by atoms with Crippen LogP contribution in [0.25, 0.3) is 0 Å². The summed E-state index contributed by atoms with van der Waals surface area (Å²) in [6, 6.07) is 5.11. The van der Waals surface area contributed by atoms with Gasteiger partial charge in [0.25, 0.3) is 0 Å². The first-order valence-electron chi connectivity index (χ1n) is 8.12. The third kappa shape index (κ3) is 5.16. The van der Waals surface area contributed by atoms with E-state index in [4.69, 9.17) is 16.7 Å². The van der Waals surface area contributed by atoms with Crippen molar-refractivity contribution in [2.24, 2.45) is 0 Å². The number of carbonyl (C=O) groups is 1. The summed E-state index contributed by atoms with van der Waals surface area (Å²) in [7, 11) is 0. The van der Waals surface area contributed by atoms with Crippen molar-refractivity contribution in [1.82, 2.24) is 9.80 Å². The lowest BCUT2D eigenvalue weighted by Crippen LogP contribution is -2.46. The van der Waals surface area contributed by atoms with Gasteiger partial charge in [-0.3, -0.25) is 9.69 Å². The molecule has 0 aliphatic carbocycles. The molecule has 0 bridgehead atoms. The van der Waals surface area contributed by atoms with Crippen LogP contribution in [-0.4, -0.2) is 59.6 Å². The maximum atomic E-state index is 13.8. The van der Waals surface area contributed by atoms with Crippen LogP contribution < -0.4 is 0 Å². The van der Waals surface area contributed by atoms with Crippen LogP contribution in [0.3, 0.4) is 0 Å². The Morgan fingerprint density at radius 1 is 1.43 bits per heavy atom. The molecule has 128 valence electrons. The van der Waals surface area contributed by atoms with Crippen LogP contribution >= 0.6 is 11.6 Å². The zero-order chi connectivity index (χ0) is 16.8. The molecule has 1 N–H and O–H groups in total. The van der Waals surface area contributed by atoms with Gasteiger partial charge in [-0.05, 0) is 51.0 Å². The van der Waals surface area contributed by atoms with E-state index in [0.717, 1.165) is 39.0 Å². The van der Waals surface area contributed by atoms with E-state index in [9.17, 15) is 9.18 Å². The number of likely N-dealkylation sites (N-methyl/N-ethyl adjacent to an activating group) is 1. The van der Waals surface area contributed by atoms with Crippen molar-refractivity contribution >= 4 is 17.6 Å². The molecule has 0 amide bonds. The SMILES string of the molecule is CCN(CC(=O)O)C1CCN(CCc2c(F)cccc2Cl)CC1. The summed E-state index contributed by atoms with van der Waals surface area (Å²) in [5, 5.41) is 9.44. The number of halogens is 2. The van der Waals surface area contributed by atoms with Gasteiger partial charge in [0.1, 0.15) is 5.82 Å². The maximum absolute atomic E-state index is 13.8. The van der Waals surface area contributed by atoms with E-state index in [0.29, 0.717) is 23.0 Å². The summed E-state index contributed by atoms with van der Waals surface area (Å²) >= 11 is 6.06. The molecule has 6 heteroatoms. The van der Waals surface area contributed by atoms with Crippen LogP contribution in [0.15, 0.2) is 18.2 Å². The standard InChI is InChI=1S/C17H24ClFN2O2/c1-2-21(12-17(22)23)13-6-9-20(10-7-13)11-8-14-15(18)4-3-5-16(14)19/h3-5,13H,2,6-12H2,1H3,(H,22,23). The molecule has 0 aromatic heterocycles. The lowest BCUT2D eigenvalue weighted by Gasteiger charge is -2.37. The lowest BCUT2D eigenvalue weighted by molar-refractivity contribution is -0.139. The smallest absolute Gasteiger partial charge is 0.317 e. The van der Waals surface area contributed by atoms with Crippen molar-refractivity contribution in [2.45, 2.75) is 32.2 Å². The van der Waals surface area contributed by atoms with Crippen molar-refractivity contribution in [3.63, 3.8) is 0 Å². The van der Waals surface area contributed by atoms with Crippen molar-refractivity contribution in [3.8, 4) is 0 Å². The van der Waals surface area contributed by atoms with Gasteiger partial charge >= 0.3 is 5.97 Å². The maximum Gasteiger partial charge on any atom is 0.317 e. The van der Waals surface area contributed by atoms with Gasteiger partial charge in [0.15, 0.2) is 0 Å². The molecule has 1 aliphatic rings. The molecule has 1 aliphatic heterocycles. The number of piperidine rings is 1.